The van der Waals surface area contributed by atoms with Crippen molar-refractivity contribution < 1.29 is 62.7 Å². The van der Waals surface area contributed by atoms with Gasteiger partial charge in [-0.3, -0.25) is 32.3 Å². The van der Waals surface area contributed by atoms with E-state index < -0.39 is 29.9 Å². The Morgan fingerprint density at radius 1 is 0.678 bits per heavy atom. The van der Waals surface area contributed by atoms with Gasteiger partial charge in [-0.1, -0.05) is 31.9 Å². The molecule has 1 unspecified atom stereocenters. The standard InChI is InChI=1S/C39H63IN6O13/c1-2-3-4-8-35(50)45-32(39(54)55)13-14-34(49)43-16-18-56-20-23-59-27-37(52)44-17-19-57-21-22-58-26-36(51)42-15-6-5-7-31(46-40)33(48)25-29(38(41)53)24-28-9-11-30(47)12-10-28/h9-12,29,31-32,46-47H,2-8,13-27H2,1H3,(H2,41,53)(H,42,51)(H,43,49)(H,44,52)(H,45,50)(H,54,55)/t29-,31+,32?/m1/s1. The van der Waals surface area contributed by atoms with Gasteiger partial charge in [-0.2, -0.15) is 0 Å². The summed E-state index contributed by atoms with van der Waals surface area (Å²) in [5.74, 6) is -3.75. The van der Waals surface area contributed by atoms with E-state index in [1.54, 1.807) is 12.1 Å². The summed E-state index contributed by atoms with van der Waals surface area (Å²) in [7, 11) is 0. The molecular weight excluding hydrogens is 887 g/mol. The lowest BCUT2D eigenvalue weighted by molar-refractivity contribution is -0.142. The third kappa shape index (κ3) is 28.2. The zero-order valence-electron chi connectivity index (χ0n) is 33.9. The molecular formula is C39H63IN6O13. The Balaban J connectivity index is 2.00. The fourth-order valence-electron chi connectivity index (χ4n) is 5.37. The molecule has 0 aliphatic heterocycles. The van der Waals surface area contributed by atoms with Crippen molar-refractivity contribution in [1.82, 2.24) is 24.8 Å². The second-order valence-corrected chi connectivity index (χ2v) is 14.3. The summed E-state index contributed by atoms with van der Waals surface area (Å²) < 4.78 is 24.3. The van der Waals surface area contributed by atoms with Crippen LogP contribution >= 0.6 is 22.9 Å². The quantitative estimate of drug-likeness (QED) is 0.0261. The molecule has 0 radical (unpaired) electrons. The summed E-state index contributed by atoms with van der Waals surface area (Å²) >= 11 is 1.92. The Kier molecular flexibility index (Phi) is 30.4. The highest BCUT2D eigenvalue weighted by Crippen LogP contribution is 2.18. The van der Waals surface area contributed by atoms with Crippen LogP contribution in [0, 0.1) is 5.92 Å². The average Bonchev–Trinajstić information content (AvgIpc) is 3.20. The minimum absolute atomic E-state index is 0.00282. The number of phenolic OH excluding ortho intramolecular Hbond substituents is 1. The lowest BCUT2D eigenvalue weighted by atomic mass is 9.90. The molecule has 20 heteroatoms. The lowest BCUT2D eigenvalue weighted by Gasteiger charge is -2.18. The smallest absolute Gasteiger partial charge is 0.326 e. The first-order valence-electron chi connectivity index (χ1n) is 19.9. The van der Waals surface area contributed by atoms with Gasteiger partial charge in [-0.05, 0) is 56.2 Å². The number of carboxylic acids is 1. The normalized spacial score (nSPS) is 12.5. The lowest BCUT2D eigenvalue weighted by Crippen LogP contribution is -2.41. The largest absolute Gasteiger partial charge is 0.508 e. The van der Waals surface area contributed by atoms with Crippen LogP contribution < -0.4 is 30.5 Å². The summed E-state index contributed by atoms with van der Waals surface area (Å²) in [6, 6.07) is 4.82. The maximum Gasteiger partial charge on any atom is 0.326 e. The Hall–Kier alpha value is -3.96. The van der Waals surface area contributed by atoms with Crippen LogP contribution in [0.15, 0.2) is 24.3 Å². The van der Waals surface area contributed by atoms with Gasteiger partial charge in [0.05, 0.1) is 45.7 Å². The number of Topliss-reactive ketones (excluding diaryl/α,β-unsaturated/α-hetero) is 1. The molecule has 0 fully saturated rings. The van der Waals surface area contributed by atoms with E-state index in [1.807, 2.05) is 29.8 Å². The fourth-order valence-corrected chi connectivity index (χ4v) is 6.03. The number of halogens is 1. The molecule has 0 aromatic heterocycles. The molecule has 0 bridgehead atoms. The number of phenols is 1. The number of hydrogen-bond donors (Lipinski definition) is 8. The second kappa shape index (κ2) is 33.8. The number of amides is 5. The van der Waals surface area contributed by atoms with Gasteiger partial charge in [-0.15, -0.1) is 0 Å². The van der Waals surface area contributed by atoms with Gasteiger partial charge in [0.25, 0.3) is 0 Å². The number of primary amides is 1. The van der Waals surface area contributed by atoms with E-state index in [4.69, 9.17) is 24.7 Å². The van der Waals surface area contributed by atoms with Crippen molar-refractivity contribution in [2.75, 3.05) is 72.5 Å². The number of nitrogens with one attached hydrogen (secondary N) is 5. The Morgan fingerprint density at radius 3 is 1.81 bits per heavy atom. The topological polar surface area (TPSA) is 283 Å². The number of carbonyl (C=O) groups excluding carboxylic acids is 6. The van der Waals surface area contributed by atoms with E-state index in [9.17, 15) is 43.8 Å². The van der Waals surface area contributed by atoms with Crippen molar-refractivity contribution in [3.8, 4) is 5.75 Å². The predicted molar refractivity (Wildman–Crippen MR) is 224 cm³/mol. The van der Waals surface area contributed by atoms with Gasteiger partial charge in [0.15, 0.2) is 5.78 Å². The number of unbranched alkanes of at least 4 members (excludes halogenated alkanes) is 3. The number of ether oxygens (including phenoxy) is 4. The minimum atomic E-state index is -1.19. The van der Waals surface area contributed by atoms with Crippen molar-refractivity contribution in [3.05, 3.63) is 29.8 Å². The van der Waals surface area contributed by atoms with Gasteiger partial charge in [0, 0.05) is 67.7 Å². The maximum atomic E-state index is 12.9. The molecule has 334 valence electrons. The number of rotatable bonds is 37. The molecule has 5 amide bonds. The fraction of sp³-hybridized carbons (Fsp3) is 0.667. The van der Waals surface area contributed by atoms with Crippen LogP contribution in [0.4, 0.5) is 0 Å². The highest BCUT2D eigenvalue weighted by atomic mass is 127. The number of ketones is 1. The van der Waals surface area contributed by atoms with Crippen LogP contribution in [0.2, 0.25) is 0 Å². The zero-order valence-corrected chi connectivity index (χ0v) is 36.1. The van der Waals surface area contributed by atoms with Gasteiger partial charge in [0.1, 0.15) is 25.0 Å². The van der Waals surface area contributed by atoms with Crippen molar-refractivity contribution >= 4 is 64.2 Å². The van der Waals surface area contributed by atoms with Crippen LogP contribution in [-0.4, -0.2) is 136 Å². The average molecular weight is 951 g/mol. The zero-order chi connectivity index (χ0) is 43.7. The number of aromatic hydroxyl groups is 1. The molecule has 3 atom stereocenters. The third-order valence-corrected chi connectivity index (χ3v) is 9.43. The summed E-state index contributed by atoms with van der Waals surface area (Å²) in [6.45, 7) is 3.74. The number of carboxylic acid groups (broad SMARTS) is 1. The Morgan fingerprint density at radius 2 is 1.25 bits per heavy atom. The van der Waals surface area contributed by atoms with Crippen LogP contribution in [-0.2, 0) is 58.9 Å². The molecule has 9 N–H and O–H groups in total. The highest BCUT2D eigenvalue weighted by molar-refractivity contribution is 14.1. The van der Waals surface area contributed by atoms with Gasteiger partial charge in [-0.25, -0.2) is 4.79 Å². The number of carbonyl (C=O) groups is 7. The van der Waals surface area contributed by atoms with E-state index in [0.717, 1.165) is 18.4 Å². The van der Waals surface area contributed by atoms with Crippen molar-refractivity contribution in [2.45, 2.75) is 89.6 Å². The van der Waals surface area contributed by atoms with Crippen LogP contribution in [0.1, 0.15) is 76.7 Å². The van der Waals surface area contributed by atoms with Crippen LogP contribution in [0.5, 0.6) is 5.75 Å². The van der Waals surface area contributed by atoms with E-state index >= 15 is 0 Å². The molecule has 0 spiro atoms. The summed E-state index contributed by atoms with van der Waals surface area (Å²) in [4.78, 5) is 84.2. The van der Waals surface area contributed by atoms with E-state index in [1.165, 1.54) is 12.1 Å². The SMILES string of the molecule is CCCCCC(=O)NC(CCC(=O)NCCOCCOCC(=O)NCCOCCOCC(=O)NCCCC[C@H](NI)C(=O)C[C@@H](Cc1ccc(O)cc1)C(N)=O)C(=O)O. The molecule has 1 aromatic carbocycles. The monoisotopic (exact) mass is 950 g/mol. The second-order valence-electron chi connectivity index (χ2n) is 13.6. The first-order chi connectivity index (χ1) is 28.4. The van der Waals surface area contributed by atoms with Crippen LogP contribution in [0.25, 0.3) is 0 Å². The predicted octanol–water partition coefficient (Wildman–Crippen LogP) is 0.819. The molecule has 1 rings (SSSR count). The molecule has 0 saturated heterocycles. The summed E-state index contributed by atoms with van der Waals surface area (Å²) in [5, 5.41) is 29.3. The van der Waals surface area contributed by atoms with Crippen molar-refractivity contribution in [1.29, 1.82) is 0 Å². The van der Waals surface area contributed by atoms with E-state index in [0.29, 0.717) is 38.6 Å². The number of nitrogens with two attached hydrogens (primary N) is 1. The first-order valence-corrected chi connectivity index (χ1v) is 21.0. The third-order valence-electron chi connectivity index (χ3n) is 8.68. The molecule has 0 aliphatic carbocycles. The molecule has 0 aliphatic rings. The summed E-state index contributed by atoms with van der Waals surface area (Å²) in [5.41, 5.74) is 6.35. The minimum Gasteiger partial charge on any atom is -0.508 e. The highest BCUT2D eigenvalue weighted by Gasteiger charge is 2.25. The summed E-state index contributed by atoms with van der Waals surface area (Å²) in [6.07, 6.45) is 4.79. The van der Waals surface area contributed by atoms with Crippen molar-refractivity contribution in [3.63, 3.8) is 0 Å². The molecule has 19 nitrogen and oxygen atoms in total. The van der Waals surface area contributed by atoms with Gasteiger partial charge >= 0.3 is 5.97 Å². The Labute approximate surface area is 359 Å². The van der Waals surface area contributed by atoms with E-state index in [2.05, 4.69) is 24.8 Å². The molecule has 0 heterocycles. The molecule has 1 aromatic rings. The van der Waals surface area contributed by atoms with Crippen LogP contribution in [0.3, 0.4) is 0 Å². The maximum absolute atomic E-state index is 12.9. The molecule has 0 saturated carbocycles. The van der Waals surface area contributed by atoms with Gasteiger partial charge < -0.3 is 56.2 Å². The Bertz CT molecular complexity index is 1410. The first kappa shape index (κ1) is 53.1. The number of benzene rings is 1. The molecule has 59 heavy (non-hydrogen) atoms. The van der Waals surface area contributed by atoms with Crippen molar-refractivity contribution in [2.24, 2.45) is 11.7 Å². The van der Waals surface area contributed by atoms with E-state index in [-0.39, 0.29) is 127 Å². The number of aliphatic carboxylic acids is 1. The number of hydrogen-bond acceptors (Lipinski definition) is 13. The van der Waals surface area contributed by atoms with Gasteiger partial charge in [0.2, 0.25) is 29.5 Å².